The van der Waals surface area contributed by atoms with Crippen LogP contribution in [0.15, 0.2) is 47.1 Å². The number of nitrogens with two attached hydrogens (primary N) is 1. The van der Waals surface area contributed by atoms with E-state index >= 15 is 0 Å². The Labute approximate surface area is 108 Å². The van der Waals surface area contributed by atoms with Crippen molar-refractivity contribution in [2.45, 2.75) is 25.8 Å². The van der Waals surface area contributed by atoms with Gasteiger partial charge in [0.15, 0.2) is 0 Å². The van der Waals surface area contributed by atoms with Gasteiger partial charge in [0, 0.05) is 12.5 Å². The van der Waals surface area contributed by atoms with Gasteiger partial charge < -0.3 is 14.9 Å². The van der Waals surface area contributed by atoms with E-state index in [1.54, 1.807) is 6.26 Å². The summed E-state index contributed by atoms with van der Waals surface area (Å²) in [6.07, 6.45) is 3.28. The SMILES string of the molecule is CCOc1ccc(CC(N)Cc2ccco2)cc1. The van der Waals surface area contributed by atoms with Gasteiger partial charge in [-0.1, -0.05) is 12.1 Å². The third-order valence-electron chi connectivity index (χ3n) is 2.78. The molecule has 1 aromatic heterocycles. The molecule has 0 aliphatic carbocycles. The topological polar surface area (TPSA) is 48.4 Å². The van der Waals surface area contributed by atoms with Gasteiger partial charge in [-0.25, -0.2) is 0 Å². The molecular weight excluding hydrogens is 226 g/mol. The number of hydrogen-bond acceptors (Lipinski definition) is 3. The predicted octanol–water partition coefficient (Wildman–Crippen LogP) is 2.79. The Morgan fingerprint density at radius 1 is 1.17 bits per heavy atom. The van der Waals surface area contributed by atoms with Gasteiger partial charge in [0.1, 0.15) is 11.5 Å². The Morgan fingerprint density at radius 3 is 2.56 bits per heavy atom. The zero-order valence-corrected chi connectivity index (χ0v) is 10.6. The van der Waals surface area contributed by atoms with Crippen LogP contribution < -0.4 is 10.5 Å². The molecule has 1 unspecified atom stereocenters. The highest BCUT2D eigenvalue weighted by atomic mass is 16.5. The largest absolute Gasteiger partial charge is 0.494 e. The van der Waals surface area contributed by atoms with E-state index in [4.69, 9.17) is 14.9 Å². The fourth-order valence-electron chi connectivity index (χ4n) is 1.95. The smallest absolute Gasteiger partial charge is 0.119 e. The van der Waals surface area contributed by atoms with Crippen molar-refractivity contribution in [3.63, 3.8) is 0 Å². The van der Waals surface area contributed by atoms with Gasteiger partial charge in [-0.2, -0.15) is 0 Å². The molecule has 0 fully saturated rings. The molecule has 0 saturated heterocycles. The molecule has 18 heavy (non-hydrogen) atoms. The van der Waals surface area contributed by atoms with Gasteiger partial charge in [0.25, 0.3) is 0 Å². The quantitative estimate of drug-likeness (QED) is 0.851. The second-order valence-electron chi connectivity index (χ2n) is 4.32. The van der Waals surface area contributed by atoms with Crippen LogP contribution in [0.5, 0.6) is 5.75 Å². The van der Waals surface area contributed by atoms with Crippen LogP contribution in [-0.4, -0.2) is 12.6 Å². The Morgan fingerprint density at radius 2 is 1.94 bits per heavy atom. The molecule has 0 radical (unpaired) electrons. The highest BCUT2D eigenvalue weighted by Crippen LogP contribution is 2.14. The summed E-state index contributed by atoms with van der Waals surface area (Å²) in [4.78, 5) is 0. The first-order valence-corrected chi connectivity index (χ1v) is 6.27. The maximum Gasteiger partial charge on any atom is 0.119 e. The highest BCUT2D eigenvalue weighted by Gasteiger charge is 2.07. The summed E-state index contributed by atoms with van der Waals surface area (Å²) >= 11 is 0. The first-order chi connectivity index (χ1) is 8.78. The summed E-state index contributed by atoms with van der Waals surface area (Å²) in [7, 11) is 0. The molecule has 1 atom stereocenters. The van der Waals surface area contributed by atoms with Crippen molar-refractivity contribution in [3.05, 3.63) is 54.0 Å². The molecule has 0 aliphatic rings. The van der Waals surface area contributed by atoms with E-state index in [-0.39, 0.29) is 6.04 Å². The summed E-state index contributed by atoms with van der Waals surface area (Å²) in [6, 6.07) is 12.0. The number of furan rings is 1. The van der Waals surface area contributed by atoms with Crippen molar-refractivity contribution in [1.82, 2.24) is 0 Å². The van der Waals surface area contributed by atoms with Crippen LogP contribution in [0.4, 0.5) is 0 Å². The molecule has 0 amide bonds. The maximum atomic E-state index is 6.10. The van der Waals surface area contributed by atoms with E-state index in [2.05, 4.69) is 12.1 Å². The zero-order valence-electron chi connectivity index (χ0n) is 10.6. The van der Waals surface area contributed by atoms with E-state index in [0.29, 0.717) is 6.61 Å². The maximum absolute atomic E-state index is 6.10. The van der Waals surface area contributed by atoms with E-state index in [9.17, 15) is 0 Å². The molecule has 96 valence electrons. The van der Waals surface area contributed by atoms with Crippen molar-refractivity contribution in [3.8, 4) is 5.75 Å². The monoisotopic (exact) mass is 245 g/mol. The predicted molar refractivity (Wildman–Crippen MR) is 71.7 cm³/mol. The van der Waals surface area contributed by atoms with Gasteiger partial charge >= 0.3 is 0 Å². The van der Waals surface area contributed by atoms with Crippen LogP contribution in [0, 0.1) is 0 Å². The lowest BCUT2D eigenvalue weighted by Crippen LogP contribution is -2.25. The van der Waals surface area contributed by atoms with Crippen molar-refractivity contribution >= 4 is 0 Å². The molecule has 0 aliphatic heterocycles. The fraction of sp³-hybridized carbons (Fsp3) is 0.333. The summed E-state index contributed by atoms with van der Waals surface area (Å²) in [5.74, 6) is 1.84. The van der Waals surface area contributed by atoms with Crippen LogP contribution in [0.1, 0.15) is 18.2 Å². The molecule has 0 saturated carbocycles. The van der Waals surface area contributed by atoms with E-state index in [0.717, 1.165) is 24.4 Å². The van der Waals surface area contributed by atoms with Crippen LogP contribution in [-0.2, 0) is 12.8 Å². The number of ether oxygens (including phenoxy) is 1. The standard InChI is InChI=1S/C15H19NO2/c1-2-17-14-7-5-12(6-8-14)10-13(16)11-15-4-3-9-18-15/h3-9,13H,2,10-11,16H2,1H3. The summed E-state index contributed by atoms with van der Waals surface area (Å²) < 4.78 is 10.7. The minimum atomic E-state index is 0.0779. The minimum Gasteiger partial charge on any atom is -0.494 e. The Hall–Kier alpha value is -1.74. The van der Waals surface area contributed by atoms with Crippen LogP contribution in [0.3, 0.4) is 0 Å². The summed E-state index contributed by atoms with van der Waals surface area (Å²) in [5, 5.41) is 0. The van der Waals surface area contributed by atoms with Gasteiger partial charge in [-0.15, -0.1) is 0 Å². The molecule has 0 bridgehead atoms. The van der Waals surface area contributed by atoms with E-state index in [1.165, 1.54) is 5.56 Å². The van der Waals surface area contributed by atoms with Gasteiger partial charge in [-0.05, 0) is 43.2 Å². The summed E-state index contributed by atoms with van der Waals surface area (Å²) in [5.41, 5.74) is 7.32. The summed E-state index contributed by atoms with van der Waals surface area (Å²) in [6.45, 7) is 2.67. The molecule has 1 heterocycles. The molecule has 2 rings (SSSR count). The first-order valence-electron chi connectivity index (χ1n) is 6.27. The lowest BCUT2D eigenvalue weighted by molar-refractivity contribution is 0.340. The van der Waals surface area contributed by atoms with E-state index in [1.807, 2.05) is 31.2 Å². The van der Waals surface area contributed by atoms with E-state index < -0.39 is 0 Å². The third kappa shape index (κ3) is 3.64. The van der Waals surface area contributed by atoms with Gasteiger partial charge in [0.2, 0.25) is 0 Å². The second kappa shape index (κ2) is 6.26. The lowest BCUT2D eigenvalue weighted by atomic mass is 10.0. The second-order valence-corrected chi connectivity index (χ2v) is 4.32. The average Bonchev–Trinajstić information content (AvgIpc) is 2.84. The van der Waals surface area contributed by atoms with Crippen molar-refractivity contribution in [2.75, 3.05) is 6.61 Å². The van der Waals surface area contributed by atoms with Crippen LogP contribution in [0.2, 0.25) is 0 Å². The molecule has 3 heteroatoms. The van der Waals surface area contributed by atoms with Crippen molar-refractivity contribution < 1.29 is 9.15 Å². The first kappa shape index (κ1) is 12.7. The highest BCUT2D eigenvalue weighted by molar-refractivity contribution is 5.27. The lowest BCUT2D eigenvalue weighted by Gasteiger charge is -2.10. The number of benzene rings is 1. The normalized spacial score (nSPS) is 12.3. The molecule has 2 N–H and O–H groups in total. The Balaban J connectivity index is 1.88. The third-order valence-corrected chi connectivity index (χ3v) is 2.78. The molecule has 2 aromatic rings. The van der Waals surface area contributed by atoms with Crippen LogP contribution in [0.25, 0.3) is 0 Å². The Bertz CT molecular complexity index is 448. The number of rotatable bonds is 6. The molecule has 1 aromatic carbocycles. The zero-order chi connectivity index (χ0) is 12.8. The van der Waals surface area contributed by atoms with Crippen LogP contribution >= 0.6 is 0 Å². The molecule has 0 spiro atoms. The molecular formula is C15H19NO2. The van der Waals surface area contributed by atoms with Gasteiger partial charge in [-0.3, -0.25) is 0 Å². The fourth-order valence-corrected chi connectivity index (χ4v) is 1.95. The van der Waals surface area contributed by atoms with Crippen molar-refractivity contribution in [1.29, 1.82) is 0 Å². The Kier molecular flexibility index (Phi) is 4.42. The van der Waals surface area contributed by atoms with Gasteiger partial charge in [0.05, 0.1) is 12.9 Å². The van der Waals surface area contributed by atoms with Crippen molar-refractivity contribution in [2.24, 2.45) is 5.73 Å². The number of hydrogen-bond donors (Lipinski definition) is 1. The molecule has 3 nitrogen and oxygen atoms in total. The average molecular weight is 245 g/mol. The minimum absolute atomic E-state index is 0.0779.